The van der Waals surface area contributed by atoms with E-state index in [2.05, 4.69) is 21.1 Å². The van der Waals surface area contributed by atoms with Crippen LogP contribution in [0.2, 0.25) is 0 Å². The molecule has 10 heteroatoms. The summed E-state index contributed by atoms with van der Waals surface area (Å²) in [5, 5.41) is 47.3. The summed E-state index contributed by atoms with van der Waals surface area (Å²) in [6, 6.07) is 0. The van der Waals surface area contributed by atoms with Gasteiger partial charge < -0.3 is 44.4 Å². The fourth-order valence-electron chi connectivity index (χ4n) is 0.984. The molecule has 125 valence electrons. The van der Waals surface area contributed by atoms with E-state index in [1.807, 2.05) is 0 Å². The number of carbonyl (C=O) groups excluding carboxylic acids is 3. The van der Waals surface area contributed by atoms with Crippen LogP contribution in [0.4, 0.5) is 0 Å². The SMILES string of the molecule is C[N+](C)(C)CCO.O=C([O-])CC(O)(CC(=O)[O-])C(=O)[O-].[Co+2]. The summed E-state index contributed by atoms with van der Waals surface area (Å²) in [7, 11) is 6.16. The Bertz CT molecular complexity index is 337. The quantitative estimate of drug-likeness (QED) is 0.429. The Morgan fingerprint density at radius 1 is 1.00 bits per heavy atom. The van der Waals surface area contributed by atoms with Crippen LogP contribution in [-0.4, -0.2) is 72.5 Å². The maximum Gasteiger partial charge on any atom is 2.00 e. The van der Waals surface area contributed by atoms with E-state index in [1.165, 1.54) is 0 Å². The monoisotopic (exact) mass is 352 g/mol. The first-order valence-corrected chi connectivity index (χ1v) is 5.59. The van der Waals surface area contributed by atoms with Crippen molar-refractivity contribution in [3.8, 4) is 0 Å². The molecule has 0 saturated heterocycles. The van der Waals surface area contributed by atoms with Crippen molar-refractivity contribution in [3.05, 3.63) is 0 Å². The number of hydrogen-bond acceptors (Lipinski definition) is 8. The first-order valence-electron chi connectivity index (χ1n) is 5.59. The van der Waals surface area contributed by atoms with Crippen molar-refractivity contribution in [3.63, 3.8) is 0 Å². The van der Waals surface area contributed by atoms with Crippen molar-refractivity contribution in [2.45, 2.75) is 18.4 Å². The zero-order valence-electron chi connectivity index (χ0n) is 12.0. The number of likely N-dealkylation sites (N-methyl/N-ethyl adjacent to an activating group) is 1. The second kappa shape index (κ2) is 10.5. The van der Waals surface area contributed by atoms with Crippen LogP contribution in [0.15, 0.2) is 0 Å². The van der Waals surface area contributed by atoms with Gasteiger partial charge in [0.05, 0.1) is 33.7 Å². The third-order valence-electron chi connectivity index (χ3n) is 2.02. The number of rotatable bonds is 7. The molecule has 0 bridgehead atoms. The standard InChI is InChI=1S/C6H8O7.C5H14NO.Co/c7-3(8)1-6(13,5(11)12)2-4(9)10;1-6(2,3)4-5-7;/h13H,1-2H2,(H,7,8)(H,9,10)(H,11,12);7H,4-5H2,1-3H3;/q;+1;+2/p-3. The van der Waals surface area contributed by atoms with Crippen LogP contribution in [0.1, 0.15) is 12.8 Å². The molecule has 0 aliphatic rings. The van der Waals surface area contributed by atoms with Crippen molar-refractivity contribution in [2.75, 3.05) is 34.3 Å². The predicted molar refractivity (Wildman–Crippen MR) is 59.2 cm³/mol. The van der Waals surface area contributed by atoms with Crippen molar-refractivity contribution >= 4 is 17.9 Å². The van der Waals surface area contributed by atoms with E-state index in [-0.39, 0.29) is 23.4 Å². The molecule has 0 aromatic rings. The maximum atomic E-state index is 10.1. The van der Waals surface area contributed by atoms with Gasteiger partial charge in [0.15, 0.2) is 0 Å². The number of aliphatic carboxylic acids is 3. The largest absolute Gasteiger partial charge is 2.00 e. The molecule has 0 heterocycles. The Kier molecular flexibility index (Phi) is 12.4. The van der Waals surface area contributed by atoms with E-state index in [9.17, 15) is 29.7 Å². The number of aliphatic hydroxyl groups excluding tert-OH is 1. The number of carboxylic acid groups (broad SMARTS) is 3. The van der Waals surface area contributed by atoms with Gasteiger partial charge in [0.25, 0.3) is 0 Å². The Morgan fingerprint density at radius 3 is 1.43 bits per heavy atom. The molecule has 1 radical (unpaired) electrons. The third-order valence-corrected chi connectivity index (χ3v) is 2.02. The third kappa shape index (κ3) is 15.0. The van der Waals surface area contributed by atoms with E-state index in [0.717, 1.165) is 11.0 Å². The summed E-state index contributed by atoms with van der Waals surface area (Å²) in [5.74, 6) is -5.98. The maximum absolute atomic E-state index is 10.1. The van der Waals surface area contributed by atoms with Gasteiger partial charge in [-0.15, -0.1) is 0 Å². The van der Waals surface area contributed by atoms with Gasteiger partial charge in [-0.3, -0.25) is 0 Å². The van der Waals surface area contributed by atoms with Crippen molar-refractivity contribution < 1.29 is 61.2 Å². The van der Waals surface area contributed by atoms with E-state index < -0.39 is 36.4 Å². The molecule has 0 aromatic heterocycles. The molecule has 0 saturated carbocycles. The van der Waals surface area contributed by atoms with Crippen molar-refractivity contribution in [1.29, 1.82) is 0 Å². The van der Waals surface area contributed by atoms with Gasteiger partial charge in [-0.25, -0.2) is 0 Å². The van der Waals surface area contributed by atoms with Crippen molar-refractivity contribution in [1.82, 2.24) is 0 Å². The zero-order valence-corrected chi connectivity index (χ0v) is 13.0. The number of nitrogens with zero attached hydrogens (tertiary/aromatic N) is 1. The topological polar surface area (TPSA) is 161 Å². The molecule has 0 amide bonds. The molecule has 0 rings (SSSR count). The van der Waals surface area contributed by atoms with E-state index in [0.29, 0.717) is 0 Å². The van der Waals surface area contributed by atoms with Crippen LogP contribution in [-0.2, 0) is 31.2 Å². The van der Waals surface area contributed by atoms with Crippen LogP contribution in [0.3, 0.4) is 0 Å². The second-order valence-corrected chi connectivity index (χ2v) is 5.15. The first-order chi connectivity index (χ1) is 8.84. The molecule has 0 aromatic carbocycles. The first kappa shape index (κ1) is 24.8. The minimum atomic E-state index is -2.97. The fraction of sp³-hybridized carbons (Fsp3) is 0.727. The molecule has 9 nitrogen and oxygen atoms in total. The Balaban J connectivity index is -0.000000347. The van der Waals surface area contributed by atoms with Crippen LogP contribution < -0.4 is 15.3 Å². The van der Waals surface area contributed by atoms with Crippen LogP contribution in [0.25, 0.3) is 0 Å². The molecular formula is C11H19CoNO8. The van der Waals surface area contributed by atoms with Gasteiger partial charge in [-0.2, -0.15) is 0 Å². The molecule has 0 atom stereocenters. The number of quaternary nitrogens is 1. The molecule has 0 unspecified atom stereocenters. The molecule has 0 fully saturated rings. The van der Waals surface area contributed by atoms with Crippen LogP contribution in [0.5, 0.6) is 0 Å². The number of carbonyl (C=O) groups is 3. The molecule has 21 heavy (non-hydrogen) atoms. The normalized spacial score (nSPS) is 10.7. The second-order valence-electron chi connectivity index (χ2n) is 5.15. The minimum absolute atomic E-state index is 0. The summed E-state index contributed by atoms with van der Waals surface area (Å²) < 4.78 is 0.844. The van der Waals surface area contributed by atoms with E-state index >= 15 is 0 Å². The molecule has 0 aliphatic heterocycles. The summed E-state index contributed by atoms with van der Waals surface area (Å²) in [6.07, 6.45) is -2.72. The Hall–Kier alpha value is -1.20. The number of carboxylic acids is 3. The van der Waals surface area contributed by atoms with Gasteiger partial charge >= 0.3 is 16.8 Å². The smallest absolute Gasteiger partial charge is 0.550 e. The Labute approximate surface area is 132 Å². The molecular weight excluding hydrogens is 333 g/mol. The minimum Gasteiger partial charge on any atom is -0.550 e. The molecule has 0 spiro atoms. The van der Waals surface area contributed by atoms with Gasteiger partial charge in [0.2, 0.25) is 0 Å². The predicted octanol–water partition coefficient (Wildman–Crippen LogP) is -5.57. The number of hydrogen-bond donors (Lipinski definition) is 2. The van der Waals surface area contributed by atoms with Gasteiger partial charge in [0.1, 0.15) is 12.1 Å². The summed E-state index contributed by atoms with van der Waals surface area (Å²) in [6.45, 7) is 1.11. The molecule has 0 aliphatic carbocycles. The Morgan fingerprint density at radius 2 is 1.33 bits per heavy atom. The number of aliphatic hydroxyl groups is 2. The van der Waals surface area contributed by atoms with Crippen LogP contribution in [0, 0.1) is 0 Å². The van der Waals surface area contributed by atoms with Gasteiger partial charge in [0, 0.05) is 24.8 Å². The summed E-state index contributed by atoms with van der Waals surface area (Å²) in [5.41, 5.74) is -2.97. The zero-order chi connectivity index (χ0) is 16.6. The van der Waals surface area contributed by atoms with Gasteiger partial charge in [-0.1, -0.05) is 0 Å². The average molecular weight is 352 g/mol. The van der Waals surface area contributed by atoms with Gasteiger partial charge in [-0.05, 0) is 0 Å². The summed E-state index contributed by atoms with van der Waals surface area (Å²) in [4.78, 5) is 30.0. The average Bonchev–Trinajstić information content (AvgIpc) is 2.12. The fourth-order valence-corrected chi connectivity index (χ4v) is 0.984. The summed E-state index contributed by atoms with van der Waals surface area (Å²) >= 11 is 0. The van der Waals surface area contributed by atoms with E-state index in [4.69, 9.17) is 10.2 Å². The van der Waals surface area contributed by atoms with Crippen LogP contribution >= 0.6 is 0 Å². The van der Waals surface area contributed by atoms with Crippen molar-refractivity contribution in [2.24, 2.45) is 0 Å². The molecule has 2 N–H and O–H groups in total. The van der Waals surface area contributed by atoms with E-state index in [1.54, 1.807) is 0 Å².